The minimum absolute atomic E-state index is 0.0467. The van der Waals surface area contributed by atoms with Crippen molar-refractivity contribution in [2.24, 2.45) is 0 Å². The predicted molar refractivity (Wildman–Crippen MR) is 116 cm³/mol. The zero-order chi connectivity index (χ0) is 21.0. The van der Waals surface area contributed by atoms with Crippen LogP contribution >= 0.6 is 34.5 Å². The minimum atomic E-state index is -0.605. The Bertz CT molecular complexity index is 1590. The van der Waals surface area contributed by atoms with Gasteiger partial charge in [0.2, 0.25) is 0 Å². The lowest BCUT2D eigenvalue weighted by Crippen LogP contribution is -2.22. The number of furan rings is 1. The Hall–Kier alpha value is -3.20. The van der Waals surface area contributed by atoms with Crippen LogP contribution < -0.4 is 10.1 Å². The topological polar surface area (TPSA) is 90.6 Å². The maximum atomic E-state index is 12.8. The molecule has 3 heterocycles. The highest BCUT2D eigenvalue weighted by molar-refractivity contribution is 7.15. The lowest BCUT2D eigenvalue weighted by molar-refractivity contribution is -0.384. The van der Waals surface area contributed by atoms with Gasteiger partial charge in [-0.2, -0.15) is 0 Å². The number of hydrogen-bond acceptors (Lipinski definition) is 6. The molecule has 0 aliphatic heterocycles. The van der Waals surface area contributed by atoms with Crippen molar-refractivity contribution in [1.29, 1.82) is 0 Å². The SMILES string of the molecule is O=c1/c(=C/c2ccc(-c3cc(Cl)c([N+](=O)[O-])cc3Cl)o2)sc2nc3ccccc3n12. The molecule has 0 saturated carbocycles. The smallest absolute Gasteiger partial charge is 0.289 e. The van der Waals surface area contributed by atoms with Gasteiger partial charge < -0.3 is 4.42 Å². The van der Waals surface area contributed by atoms with E-state index >= 15 is 0 Å². The van der Waals surface area contributed by atoms with Gasteiger partial charge in [0.15, 0.2) is 4.96 Å². The summed E-state index contributed by atoms with van der Waals surface area (Å²) < 4.78 is 7.84. The molecule has 0 aliphatic carbocycles. The number of thiazole rings is 1. The third-order valence-corrected chi connectivity index (χ3v) is 6.13. The lowest BCUT2D eigenvalue weighted by Gasteiger charge is -2.02. The van der Waals surface area contributed by atoms with E-state index in [2.05, 4.69) is 4.98 Å². The highest BCUT2D eigenvalue weighted by Gasteiger charge is 2.18. The third kappa shape index (κ3) is 2.97. The molecule has 0 unspecified atom stereocenters. The molecule has 0 amide bonds. The standard InChI is InChI=1S/C20H9Cl2N3O4S/c21-12-9-16(25(27)28)13(22)8-11(12)17-6-5-10(29-17)7-18-19(26)24-15-4-2-1-3-14(15)23-20(24)30-18/h1-9H/b18-7-. The molecule has 7 nitrogen and oxygen atoms in total. The van der Waals surface area contributed by atoms with Crippen LogP contribution in [0.5, 0.6) is 0 Å². The number of rotatable bonds is 3. The lowest BCUT2D eigenvalue weighted by atomic mass is 10.1. The molecule has 148 valence electrons. The maximum absolute atomic E-state index is 12.8. The molecule has 5 aromatic rings. The minimum Gasteiger partial charge on any atom is -0.457 e. The molecule has 0 N–H and O–H groups in total. The summed E-state index contributed by atoms with van der Waals surface area (Å²) in [7, 11) is 0. The average molecular weight is 458 g/mol. The molecular weight excluding hydrogens is 449 g/mol. The van der Waals surface area contributed by atoms with Crippen LogP contribution in [0, 0.1) is 10.1 Å². The molecule has 0 fully saturated rings. The van der Waals surface area contributed by atoms with Gasteiger partial charge >= 0.3 is 0 Å². The van der Waals surface area contributed by atoms with Gasteiger partial charge in [-0.25, -0.2) is 9.38 Å². The summed E-state index contributed by atoms with van der Waals surface area (Å²) in [5.74, 6) is 0.809. The normalized spacial score (nSPS) is 12.3. The fraction of sp³-hybridized carbons (Fsp3) is 0. The van der Waals surface area contributed by atoms with E-state index in [9.17, 15) is 14.9 Å². The van der Waals surface area contributed by atoms with Crippen molar-refractivity contribution in [3.05, 3.63) is 89.3 Å². The summed E-state index contributed by atoms with van der Waals surface area (Å²) in [6.07, 6.45) is 1.63. The van der Waals surface area contributed by atoms with Crippen molar-refractivity contribution in [3.8, 4) is 11.3 Å². The molecule has 5 rings (SSSR count). The Labute approximate surface area is 181 Å². The van der Waals surface area contributed by atoms with Gasteiger partial charge in [-0.05, 0) is 30.3 Å². The van der Waals surface area contributed by atoms with Crippen LogP contribution in [0.4, 0.5) is 5.69 Å². The Kier molecular flexibility index (Phi) is 4.35. The van der Waals surface area contributed by atoms with Crippen molar-refractivity contribution in [3.63, 3.8) is 0 Å². The summed E-state index contributed by atoms with van der Waals surface area (Å²) >= 11 is 13.4. The number of hydrogen-bond donors (Lipinski definition) is 0. The zero-order valence-electron chi connectivity index (χ0n) is 14.8. The van der Waals surface area contributed by atoms with Gasteiger partial charge in [0.1, 0.15) is 21.1 Å². The molecule has 0 spiro atoms. The Balaban J connectivity index is 1.59. The van der Waals surface area contributed by atoms with E-state index < -0.39 is 4.92 Å². The number of benzene rings is 2. The van der Waals surface area contributed by atoms with Gasteiger partial charge in [-0.1, -0.05) is 46.7 Å². The molecular formula is C20H9Cl2N3O4S. The molecule has 0 aliphatic rings. The summed E-state index contributed by atoms with van der Waals surface area (Å²) in [5.41, 5.74) is 1.46. The number of halogens is 2. The maximum Gasteiger partial charge on any atom is 0.289 e. The molecule has 0 radical (unpaired) electrons. The van der Waals surface area contributed by atoms with Crippen molar-refractivity contribution in [2.45, 2.75) is 0 Å². The number of nitro benzene ring substituents is 1. The highest BCUT2D eigenvalue weighted by atomic mass is 35.5. The molecule has 0 atom stereocenters. The second-order valence-corrected chi connectivity index (χ2v) is 8.20. The summed E-state index contributed by atoms with van der Waals surface area (Å²) in [4.78, 5) is 28.3. The number of fused-ring (bicyclic) bond motifs is 3. The van der Waals surface area contributed by atoms with Gasteiger partial charge in [0, 0.05) is 17.7 Å². The molecule has 2 aromatic carbocycles. The first-order valence-electron chi connectivity index (χ1n) is 8.58. The van der Waals surface area contributed by atoms with Gasteiger partial charge in [-0.15, -0.1) is 0 Å². The number of nitro groups is 1. The van der Waals surface area contributed by atoms with Crippen LogP contribution in [0.15, 0.2) is 57.7 Å². The number of imidazole rings is 1. The largest absolute Gasteiger partial charge is 0.457 e. The van der Waals surface area contributed by atoms with E-state index in [0.717, 1.165) is 11.0 Å². The summed E-state index contributed by atoms with van der Waals surface area (Å²) in [5, 5.41) is 11.1. The Morgan fingerprint density at radius 1 is 1.13 bits per heavy atom. The second kappa shape index (κ2) is 6.94. The molecule has 30 heavy (non-hydrogen) atoms. The van der Waals surface area contributed by atoms with Crippen molar-refractivity contribution >= 4 is 62.3 Å². The van der Waals surface area contributed by atoms with Crippen LogP contribution in [-0.2, 0) is 0 Å². The summed E-state index contributed by atoms with van der Waals surface area (Å²) in [6, 6.07) is 13.3. The number of nitrogens with zero attached hydrogens (tertiary/aromatic N) is 3. The number of para-hydroxylation sites is 2. The van der Waals surface area contributed by atoms with Gasteiger partial charge in [0.25, 0.3) is 11.2 Å². The first-order valence-corrected chi connectivity index (χ1v) is 10.1. The van der Waals surface area contributed by atoms with Crippen LogP contribution in [0.2, 0.25) is 10.0 Å². The Morgan fingerprint density at radius 3 is 2.73 bits per heavy atom. The van der Waals surface area contributed by atoms with E-state index in [1.807, 2.05) is 24.3 Å². The van der Waals surface area contributed by atoms with E-state index in [0.29, 0.717) is 26.6 Å². The highest BCUT2D eigenvalue weighted by Crippen LogP contribution is 2.37. The molecule has 10 heteroatoms. The van der Waals surface area contributed by atoms with E-state index in [1.165, 1.54) is 23.5 Å². The van der Waals surface area contributed by atoms with Crippen LogP contribution in [0.25, 0.3) is 33.4 Å². The van der Waals surface area contributed by atoms with Gasteiger partial charge in [-0.3, -0.25) is 14.9 Å². The second-order valence-electron chi connectivity index (χ2n) is 6.38. The van der Waals surface area contributed by atoms with Crippen LogP contribution in [-0.4, -0.2) is 14.3 Å². The van der Waals surface area contributed by atoms with Crippen molar-refractivity contribution < 1.29 is 9.34 Å². The van der Waals surface area contributed by atoms with E-state index in [-0.39, 0.29) is 21.3 Å². The van der Waals surface area contributed by atoms with Crippen molar-refractivity contribution in [2.75, 3.05) is 0 Å². The molecule has 3 aromatic heterocycles. The fourth-order valence-electron chi connectivity index (χ4n) is 3.18. The first-order chi connectivity index (χ1) is 14.4. The number of aromatic nitrogens is 2. The van der Waals surface area contributed by atoms with Crippen LogP contribution in [0.3, 0.4) is 0 Å². The van der Waals surface area contributed by atoms with Gasteiger partial charge in [0.05, 0.1) is 21.0 Å². The predicted octanol–water partition coefficient (Wildman–Crippen LogP) is 4.93. The first kappa shape index (κ1) is 18.8. The van der Waals surface area contributed by atoms with E-state index in [1.54, 1.807) is 22.6 Å². The average Bonchev–Trinajstić information content (AvgIpc) is 3.39. The summed E-state index contributed by atoms with van der Waals surface area (Å²) in [6.45, 7) is 0. The Morgan fingerprint density at radius 2 is 1.93 bits per heavy atom. The van der Waals surface area contributed by atoms with Crippen LogP contribution in [0.1, 0.15) is 5.76 Å². The zero-order valence-corrected chi connectivity index (χ0v) is 17.2. The molecule has 0 saturated heterocycles. The quantitative estimate of drug-likeness (QED) is 0.283. The van der Waals surface area contributed by atoms with Crippen molar-refractivity contribution in [1.82, 2.24) is 9.38 Å². The van der Waals surface area contributed by atoms with E-state index in [4.69, 9.17) is 27.6 Å². The third-order valence-electron chi connectivity index (χ3n) is 4.54. The monoisotopic (exact) mass is 457 g/mol. The molecule has 0 bridgehead atoms. The fourth-order valence-corrected chi connectivity index (χ4v) is 4.63.